The van der Waals surface area contributed by atoms with Crippen LogP contribution < -0.4 is 4.74 Å². The monoisotopic (exact) mass is 397 g/mol. The zero-order chi connectivity index (χ0) is 19.1. The van der Waals surface area contributed by atoms with Crippen LogP contribution in [0.1, 0.15) is 29.5 Å². The Balaban J connectivity index is 1.76. The number of thiazole rings is 1. The number of halogens is 1. The lowest BCUT2D eigenvalue weighted by atomic mass is 9.91. The van der Waals surface area contributed by atoms with E-state index in [1.165, 1.54) is 0 Å². The molecule has 1 heterocycles. The predicted octanol–water partition coefficient (Wildman–Crippen LogP) is 5.53. The Bertz CT molecular complexity index is 940. The third kappa shape index (κ3) is 4.51. The zero-order valence-corrected chi connectivity index (χ0v) is 16.8. The topological polar surface area (TPSA) is 31.4 Å². The fourth-order valence-corrected chi connectivity index (χ4v) is 4.01. The van der Waals surface area contributed by atoms with Crippen molar-refractivity contribution in [2.45, 2.75) is 18.9 Å². The maximum Gasteiger partial charge on any atom is 0.149 e. The first-order chi connectivity index (χ1) is 13.2. The lowest BCUT2D eigenvalue weighted by Gasteiger charge is -2.30. The highest BCUT2D eigenvalue weighted by molar-refractivity contribution is 7.09. The molecule has 0 aliphatic rings. The minimum atomic E-state index is -0.569. The Hall–Kier alpha value is -2.32. The van der Waals surface area contributed by atoms with Gasteiger partial charge in [-0.3, -0.25) is 0 Å². The van der Waals surface area contributed by atoms with Crippen molar-refractivity contribution in [3.63, 3.8) is 0 Å². The highest BCUT2D eigenvalue weighted by Crippen LogP contribution is 2.38. The third-order valence-corrected chi connectivity index (χ3v) is 5.44. The Labute approximate surface area is 168 Å². The zero-order valence-electron chi connectivity index (χ0n) is 15.2. The molecule has 5 heteroatoms. The van der Waals surface area contributed by atoms with E-state index in [-0.39, 0.29) is 0 Å². The van der Waals surface area contributed by atoms with Gasteiger partial charge in [-0.15, -0.1) is 11.3 Å². The van der Waals surface area contributed by atoms with Crippen LogP contribution in [0.15, 0.2) is 60.1 Å². The van der Waals surface area contributed by atoms with Gasteiger partial charge in [-0.05, 0) is 42.3 Å². The predicted molar refractivity (Wildman–Crippen MR) is 110 cm³/mol. The van der Waals surface area contributed by atoms with Gasteiger partial charge in [-0.25, -0.2) is 4.98 Å². The van der Waals surface area contributed by atoms with Crippen molar-refractivity contribution in [1.29, 1.82) is 0 Å². The summed E-state index contributed by atoms with van der Waals surface area (Å²) in [6.07, 6.45) is 2.57. The van der Waals surface area contributed by atoms with Crippen LogP contribution in [0, 0.1) is 11.8 Å². The molecule has 0 aliphatic carbocycles. The van der Waals surface area contributed by atoms with E-state index in [1.807, 2.05) is 53.9 Å². The fourth-order valence-electron chi connectivity index (χ4n) is 2.91. The molecule has 0 amide bonds. The molecule has 3 nitrogen and oxygen atoms in total. The summed E-state index contributed by atoms with van der Waals surface area (Å²) in [5.74, 6) is 6.82. The number of nitrogens with zero attached hydrogens (tertiary/aromatic N) is 1. The summed E-state index contributed by atoms with van der Waals surface area (Å²) in [5, 5.41) is 3.57. The molecule has 3 rings (SSSR count). The van der Waals surface area contributed by atoms with Crippen molar-refractivity contribution in [1.82, 2.24) is 4.98 Å². The largest absolute Gasteiger partial charge is 0.481 e. The smallest absolute Gasteiger partial charge is 0.149 e. The standard InChI is InChI=1S/C22H20ClNO2S/c1-3-22(25-2,21-24-12-14-27-21)18-9-5-11-20(16-18)26-13-6-8-17-7-4-10-19(23)15-17/h4-5,7,9-12,14-16H,3,13H2,1-2H3. The third-order valence-electron chi connectivity index (χ3n) is 4.29. The molecule has 0 aliphatic heterocycles. The van der Waals surface area contributed by atoms with Gasteiger partial charge in [0.15, 0.2) is 0 Å². The average molecular weight is 398 g/mol. The van der Waals surface area contributed by atoms with Gasteiger partial charge in [0, 0.05) is 29.3 Å². The molecule has 0 radical (unpaired) electrons. The van der Waals surface area contributed by atoms with E-state index in [0.29, 0.717) is 11.6 Å². The van der Waals surface area contributed by atoms with Gasteiger partial charge in [0.1, 0.15) is 23.0 Å². The van der Waals surface area contributed by atoms with Crippen LogP contribution in [0.5, 0.6) is 5.75 Å². The molecule has 0 fully saturated rings. The van der Waals surface area contributed by atoms with Crippen LogP contribution >= 0.6 is 22.9 Å². The number of rotatable bonds is 6. The maximum absolute atomic E-state index is 5.97. The highest BCUT2D eigenvalue weighted by Gasteiger charge is 2.35. The first-order valence-corrected chi connectivity index (χ1v) is 9.86. The van der Waals surface area contributed by atoms with E-state index in [1.54, 1.807) is 24.6 Å². The SMILES string of the molecule is CCC(OC)(c1cccc(OCC#Cc2cccc(Cl)c2)c1)c1nccs1. The molecule has 0 N–H and O–H groups in total. The van der Waals surface area contributed by atoms with Crippen LogP contribution in [-0.4, -0.2) is 18.7 Å². The van der Waals surface area contributed by atoms with E-state index in [4.69, 9.17) is 21.1 Å². The fraction of sp³-hybridized carbons (Fsp3) is 0.227. The van der Waals surface area contributed by atoms with Gasteiger partial charge in [-0.2, -0.15) is 0 Å². The summed E-state index contributed by atoms with van der Waals surface area (Å²) < 4.78 is 11.7. The van der Waals surface area contributed by atoms with Crippen LogP contribution in [0.2, 0.25) is 5.02 Å². The minimum absolute atomic E-state index is 0.291. The molecule has 138 valence electrons. The summed E-state index contributed by atoms with van der Waals surface area (Å²) >= 11 is 7.56. The van der Waals surface area contributed by atoms with Gasteiger partial charge < -0.3 is 9.47 Å². The second-order valence-corrected chi connectivity index (χ2v) is 7.18. The van der Waals surface area contributed by atoms with Gasteiger partial charge >= 0.3 is 0 Å². The maximum atomic E-state index is 5.97. The number of benzene rings is 2. The minimum Gasteiger partial charge on any atom is -0.481 e. The number of hydrogen-bond acceptors (Lipinski definition) is 4. The average Bonchev–Trinajstić information content (AvgIpc) is 3.23. The lowest BCUT2D eigenvalue weighted by Crippen LogP contribution is -2.29. The normalized spacial score (nSPS) is 12.7. The molecule has 2 aromatic carbocycles. The first kappa shape index (κ1) is 19.4. The van der Waals surface area contributed by atoms with Crippen molar-refractivity contribution in [3.05, 3.63) is 81.3 Å². The van der Waals surface area contributed by atoms with E-state index in [9.17, 15) is 0 Å². The van der Waals surface area contributed by atoms with Crippen molar-refractivity contribution in [2.24, 2.45) is 0 Å². The van der Waals surface area contributed by atoms with E-state index in [0.717, 1.165) is 28.3 Å². The van der Waals surface area contributed by atoms with Crippen molar-refractivity contribution in [3.8, 4) is 17.6 Å². The molecule has 3 aromatic rings. The Morgan fingerprint density at radius 1 is 1.19 bits per heavy atom. The van der Waals surface area contributed by atoms with E-state index in [2.05, 4.69) is 23.7 Å². The quantitative estimate of drug-likeness (QED) is 0.512. The molecule has 1 unspecified atom stereocenters. The lowest BCUT2D eigenvalue weighted by molar-refractivity contribution is 0.0182. The van der Waals surface area contributed by atoms with Crippen LogP contribution in [-0.2, 0) is 10.3 Å². The summed E-state index contributed by atoms with van der Waals surface area (Å²) in [6.45, 7) is 2.38. The molecule has 0 saturated carbocycles. The molecule has 0 spiro atoms. The van der Waals surface area contributed by atoms with Crippen molar-refractivity contribution >= 4 is 22.9 Å². The molecule has 1 atom stereocenters. The molecular weight excluding hydrogens is 378 g/mol. The second kappa shape index (κ2) is 9.05. The molecule has 27 heavy (non-hydrogen) atoms. The second-order valence-electron chi connectivity index (χ2n) is 5.85. The van der Waals surface area contributed by atoms with Gasteiger partial charge in [0.2, 0.25) is 0 Å². The van der Waals surface area contributed by atoms with Gasteiger partial charge in [-0.1, -0.05) is 48.6 Å². The Morgan fingerprint density at radius 3 is 2.74 bits per heavy atom. The number of methoxy groups -OCH3 is 1. The molecular formula is C22H20ClNO2S. The molecule has 1 aromatic heterocycles. The van der Waals surface area contributed by atoms with Crippen molar-refractivity contribution in [2.75, 3.05) is 13.7 Å². The molecule has 0 bridgehead atoms. The van der Waals surface area contributed by atoms with Crippen molar-refractivity contribution < 1.29 is 9.47 Å². The summed E-state index contributed by atoms with van der Waals surface area (Å²) in [7, 11) is 1.72. The highest BCUT2D eigenvalue weighted by atomic mass is 35.5. The number of aromatic nitrogens is 1. The summed E-state index contributed by atoms with van der Waals surface area (Å²) in [5.41, 5.74) is 1.32. The Morgan fingerprint density at radius 2 is 2.04 bits per heavy atom. The van der Waals surface area contributed by atoms with Crippen LogP contribution in [0.25, 0.3) is 0 Å². The van der Waals surface area contributed by atoms with Crippen LogP contribution in [0.4, 0.5) is 0 Å². The Kier molecular flexibility index (Phi) is 6.52. The summed E-state index contributed by atoms with van der Waals surface area (Å²) in [6, 6.07) is 15.4. The van der Waals surface area contributed by atoms with Gasteiger partial charge in [0.25, 0.3) is 0 Å². The van der Waals surface area contributed by atoms with E-state index < -0.39 is 5.60 Å². The molecule has 0 saturated heterocycles. The number of hydrogen-bond donors (Lipinski definition) is 0. The van der Waals surface area contributed by atoms with E-state index >= 15 is 0 Å². The van der Waals surface area contributed by atoms with Gasteiger partial charge in [0.05, 0.1) is 0 Å². The summed E-state index contributed by atoms with van der Waals surface area (Å²) in [4.78, 5) is 4.47. The first-order valence-electron chi connectivity index (χ1n) is 8.61. The van der Waals surface area contributed by atoms with Crippen LogP contribution in [0.3, 0.4) is 0 Å². The number of ether oxygens (including phenoxy) is 2.